The van der Waals surface area contributed by atoms with Gasteiger partial charge in [-0.15, -0.1) is 0 Å². The summed E-state index contributed by atoms with van der Waals surface area (Å²) in [5, 5.41) is 0. The van der Waals surface area contributed by atoms with E-state index in [9.17, 15) is 4.21 Å². The summed E-state index contributed by atoms with van der Waals surface area (Å²) >= 11 is 0. The highest BCUT2D eigenvalue weighted by molar-refractivity contribution is 7.92. The fourth-order valence-electron chi connectivity index (χ4n) is 4.57. The van der Waals surface area contributed by atoms with Crippen molar-refractivity contribution in [1.29, 1.82) is 0 Å². The third-order valence-electron chi connectivity index (χ3n) is 5.97. The molecule has 1 atom stereocenters. The van der Waals surface area contributed by atoms with E-state index in [4.69, 9.17) is 0 Å². The van der Waals surface area contributed by atoms with Gasteiger partial charge in [0.05, 0.1) is 5.69 Å². The molecule has 31 heavy (non-hydrogen) atoms. The first kappa shape index (κ1) is 24.0. The van der Waals surface area contributed by atoms with Crippen molar-refractivity contribution in [2.24, 2.45) is 4.36 Å². The van der Waals surface area contributed by atoms with Crippen LogP contribution < -0.4 is 0 Å². The van der Waals surface area contributed by atoms with E-state index in [2.05, 4.69) is 85.2 Å². The van der Waals surface area contributed by atoms with Crippen molar-refractivity contribution >= 4 is 15.4 Å². The molecule has 0 radical (unpaired) electrons. The summed E-state index contributed by atoms with van der Waals surface area (Å²) in [6, 6.07) is 17.6. The summed E-state index contributed by atoms with van der Waals surface area (Å²) in [7, 11) is -2.13. The van der Waals surface area contributed by atoms with Crippen molar-refractivity contribution in [3.05, 3.63) is 65.2 Å². The van der Waals surface area contributed by atoms with E-state index < -0.39 is 9.73 Å². The molecule has 0 bridgehead atoms. The molecule has 0 spiro atoms. The second kappa shape index (κ2) is 9.43. The number of rotatable bonds is 5. The molecule has 0 saturated carbocycles. The normalized spacial score (nSPS) is 19.0. The van der Waals surface area contributed by atoms with Crippen LogP contribution in [-0.4, -0.2) is 51.7 Å². The zero-order valence-electron chi connectivity index (χ0n) is 20.3. The lowest BCUT2D eigenvalue weighted by atomic mass is 9.88. The van der Waals surface area contributed by atoms with Crippen LogP contribution in [0.4, 0.5) is 5.69 Å². The van der Waals surface area contributed by atoms with Crippen LogP contribution in [0.1, 0.15) is 63.3 Å². The van der Waals surface area contributed by atoms with Gasteiger partial charge in [0.25, 0.3) is 0 Å². The van der Waals surface area contributed by atoms with E-state index in [1.54, 1.807) is 12.5 Å². The van der Waals surface area contributed by atoms with Gasteiger partial charge >= 0.3 is 0 Å². The molecule has 0 aliphatic carbocycles. The Morgan fingerprint density at radius 2 is 1.68 bits per heavy atom. The third-order valence-corrected chi connectivity index (χ3v) is 6.62. The molecule has 1 aliphatic heterocycles. The van der Waals surface area contributed by atoms with Crippen molar-refractivity contribution in [3.8, 4) is 0 Å². The van der Waals surface area contributed by atoms with Crippen LogP contribution in [0.5, 0.6) is 0 Å². The fraction of sp³-hybridized carbons (Fsp3) is 0.538. The summed E-state index contributed by atoms with van der Waals surface area (Å²) < 4.78 is 16.2. The predicted octanol–water partition coefficient (Wildman–Crippen LogP) is 5.83. The third kappa shape index (κ3) is 6.41. The van der Waals surface area contributed by atoms with Crippen molar-refractivity contribution in [2.75, 3.05) is 32.1 Å². The topological polar surface area (TPSA) is 35.9 Å². The average molecular weight is 442 g/mol. The molecule has 170 valence electrons. The van der Waals surface area contributed by atoms with Crippen LogP contribution >= 0.6 is 0 Å². The largest absolute Gasteiger partial charge is 0.296 e. The van der Waals surface area contributed by atoms with Crippen molar-refractivity contribution in [2.45, 2.75) is 58.7 Å². The Morgan fingerprint density at radius 3 is 2.26 bits per heavy atom. The summed E-state index contributed by atoms with van der Waals surface area (Å²) in [5.41, 5.74) is 5.11. The lowest BCUT2D eigenvalue weighted by Gasteiger charge is -2.49. The molecular formula is C26H39N3OS. The fourth-order valence-corrected chi connectivity index (χ4v) is 5.20. The molecule has 1 heterocycles. The van der Waals surface area contributed by atoms with Gasteiger partial charge in [0, 0.05) is 60.0 Å². The molecule has 0 aromatic heterocycles. The molecule has 1 aliphatic rings. The molecule has 0 N–H and O–H groups in total. The van der Waals surface area contributed by atoms with Gasteiger partial charge in [-0.25, -0.2) is 4.21 Å². The van der Waals surface area contributed by atoms with Crippen LogP contribution in [0.3, 0.4) is 0 Å². The van der Waals surface area contributed by atoms with Gasteiger partial charge in [0.2, 0.25) is 0 Å². The summed E-state index contributed by atoms with van der Waals surface area (Å²) in [4.78, 5) is 5.24. The number of piperazine rings is 1. The van der Waals surface area contributed by atoms with Crippen LogP contribution in [0.15, 0.2) is 52.9 Å². The second-order valence-electron chi connectivity index (χ2n) is 10.3. The smallest absolute Gasteiger partial charge is 0.0730 e. The first-order valence-corrected chi connectivity index (χ1v) is 13.6. The van der Waals surface area contributed by atoms with Crippen LogP contribution in [0.2, 0.25) is 0 Å². The SMILES string of the molecule is CC(C)c1ccccc1C1CN(Cc2ccc(N=S(C)(C)=O)cc2)CCN1C(C)(C)C. The highest BCUT2D eigenvalue weighted by Gasteiger charge is 2.35. The van der Waals surface area contributed by atoms with Crippen LogP contribution in [-0.2, 0) is 16.3 Å². The van der Waals surface area contributed by atoms with Gasteiger partial charge in [-0.1, -0.05) is 50.2 Å². The second-order valence-corrected chi connectivity index (χ2v) is 12.9. The average Bonchev–Trinajstić information content (AvgIpc) is 2.67. The van der Waals surface area contributed by atoms with Gasteiger partial charge in [-0.2, -0.15) is 4.36 Å². The van der Waals surface area contributed by atoms with E-state index in [0.29, 0.717) is 12.0 Å². The standard InChI is InChI=1S/C26H39N3OS/c1-20(2)23-10-8-9-11-24(23)25-19-28(16-17-29(25)26(3,4)5)18-21-12-14-22(15-13-21)27-31(6,7)30/h8-15,20,25H,16-19H2,1-7H3. The number of nitrogens with zero attached hydrogens (tertiary/aromatic N) is 3. The minimum Gasteiger partial charge on any atom is -0.296 e. The van der Waals surface area contributed by atoms with Crippen LogP contribution in [0.25, 0.3) is 0 Å². The Kier molecular flexibility index (Phi) is 7.29. The Morgan fingerprint density at radius 1 is 1.03 bits per heavy atom. The van der Waals surface area contributed by atoms with E-state index in [0.717, 1.165) is 31.9 Å². The lowest BCUT2D eigenvalue weighted by molar-refractivity contribution is 0.00555. The molecule has 1 unspecified atom stereocenters. The number of hydrogen-bond acceptors (Lipinski definition) is 4. The van der Waals surface area contributed by atoms with Gasteiger partial charge < -0.3 is 0 Å². The molecule has 0 amide bonds. The summed E-state index contributed by atoms with van der Waals surface area (Å²) in [6.45, 7) is 15.6. The lowest BCUT2D eigenvalue weighted by Crippen LogP contribution is -2.55. The molecule has 1 fully saturated rings. The van der Waals surface area contributed by atoms with E-state index in [1.807, 2.05) is 12.1 Å². The van der Waals surface area contributed by atoms with Crippen molar-refractivity contribution < 1.29 is 4.21 Å². The van der Waals surface area contributed by atoms with Gasteiger partial charge in [-0.05, 0) is 55.5 Å². The first-order valence-electron chi connectivity index (χ1n) is 11.3. The molecule has 3 rings (SSSR count). The van der Waals surface area contributed by atoms with Crippen molar-refractivity contribution in [3.63, 3.8) is 0 Å². The minimum atomic E-state index is -2.13. The summed E-state index contributed by atoms with van der Waals surface area (Å²) in [6.07, 6.45) is 3.34. The van der Waals surface area contributed by atoms with E-state index in [-0.39, 0.29) is 5.54 Å². The highest BCUT2D eigenvalue weighted by atomic mass is 32.2. The maximum Gasteiger partial charge on any atom is 0.0730 e. The van der Waals surface area contributed by atoms with Gasteiger partial charge in [0.1, 0.15) is 0 Å². The van der Waals surface area contributed by atoms with Gasteiger partial charge in [0.15, 0.2) is 0 Å². The van der Waals surface area contributed by atoms with E-state index in [1.165, 1.54) is 16.7 Å². The maximum atomic E-state index is 11.9. The zero-order valence-corrected chi connectivity index (χ0v) is 21.1. The monoisotopic (exact) mass is 441 g/mol. The Bertz CT molecular complexity index is 990. The minimum absolute atomic E-state index is 0.122. The van der Waals surface area contributed by atoms with Crippen molar-refractivity contribution in [1.82, 2.24) is 9.80 Å². The van der Waals surface area contributed by atoms with E-state index >= 15 is 0 Å². The summed E-state index contributed by atoms with van der Waals surface area (Å²) in [5.74, 6) is 0.511. The first-order chi connectivity index (χ1) is 14.4. The molecular weight excluding hydrogens is 402 g/mol. The molecule has 2 aromatic rings. The predicted molar refractivity (Wildman–Crippen MR) is 134 cm³/mol. The number of benzene rings is 2. The molecule has 1 saturated heterocycles. The molecule has 2 aromatic carbocycles. The quantitative estimate of drug-likeness (QED) is 0.586. The highest BCUT2D eigenvalue weighted by Crippen LogP contribution is 2.36. The Hall–Kier alpha value is -1.69. The van der Waals surface area contributed by atoms with Crippen LogP contribution in [0, 0.1) is 0 Å². The number of hydrogen-bond donors (Lipinski definition) is 0. The molecule has 5 heteroatoms. The Labute approximate surface area is 189 Å². The molecule has 4 nitrogen and oxygen atoms in total. The van der Waals surface area contributed by atoms with Gasteiger partial charge in [-0.3, -0.25) is 9.80 Å². The maximum absolute atomic E-state index is 11.9. The zero-order chi connectivity index (χ0) is 22.8. The Balaban J connectivity index is 1.83.